The highest BCUT2D eigenvalue weighted by Crippen LogP contribution is 2.23. The molecule has 106 valence electrons. The van der Waals surface area contributed by atoms with Gasteiger partial charge in [-0.05, 0) is 32.7 Å². The van der Waals surface area contributed by atoms with Gasteiger partial charge in [-0.15, -0.1) is 0 Å². The summed E-state index contributed by atoms with van der Waals surface area (Å²) in [6.07, 6.45) is 6.50. The number of carboxylic acid groups (broad SMARTS) is 1. The van der Waals surface area contributed by atoms with Crippen LogP contribution in [-0.4, -0.2) is 38.3 Å². The second kappa shape index (κ2) is 6.19. The molecule has 0 saturated carbocycles. The highest BCUT2D eigenvalue weighted by Gasteiger charge is 2.23. The van der Waals surface area contributed by atoms with Crippen molar-refractivity contribution in [3.63, 3.8) is 0 Å². The van der Waals surface area contributed by atoms with E-state index in [0.29, 0.717) is 6.04 Å². The third-order valence-electron chi connectivity index (χ3n) is 4.15. The van der Waals surface area contributed by atoms with Crippen molar-refractivity contribution in [1.29, 1.82) is 0 Å². The Hall–Kier alpha value is -1.36. The Morgan fingerprint density at radius 2 is 2.32 bits per heavy atom. The summed E-state index contributed by atoms with van der Waals surface area (Å²) in [5.74, 6) is -0.692. The predicted octanol–water partition coefficient (Wildman–Crippen LogP) is 1.95. The average molecular weight is 265 g/mol. The zero-order chi connectivity index (χ0) is 13.8. The van der Waals surface area contributed by atoms with Crippen LogP contribution in [0.2, 0.25) is 0 Å². The van der Waals surface area contributed by atoms with Crippen LogP contribution in [0.25, 0.3) is 0 Å². The van der Waals surface area contributed by atoms with Gasteiger partial charge in [-0.1, -0.05) is 6.42 Å². The molecule has 5 heteroatoms. The van der Waals surface area contributed by atoms with Crippen molar-refractivity contribution in [2.45, 2.75) is 51.6 Å². The Balaban J connectivity index is 1.99. The summed E-state index contributed by atoms with van der Waals surface area (Å²) >= 11 is 0. The van der Waals surface area contributed by atoms with Crippen molar-refractivity contribution < 1.29 is 9.90 Å². The van der Waals surface area contributed by atoms with Crippen molar-refractivity contribution in [3.8, 4) is 0 Å². The maximum absolute atomic E-state index is 10.7. The molecule has 2 heterocycles. The maximum Gasteiger partial charge on any atom is 0.303 e. The summed E-state index contributed by atoms with van der Waals surface area (Å²) in [5.41, 5.74) is 2.45. The first kappa shape index (κ1) is 14.1. The minimum Gasteiger partial charge on any atom is -0.481 e. The SMILES string of the molecule is Cc1c(CN2CCCCC2CCC(=O)O)cnn1C. The van der Waals surface area contributed by atoms with Crippen LogP contribution in [0.5, 0.6) is 0 Å². The number of aliphatic carboxylic acids is 1. The number of rotatable bonds is 5. The van der Waals surface area contributed by atoms with Crippen molar-refractivity contribution in [2.75, 3.05) is 6.54 Å². The van der Waals surface area contributed by atoms with Gasteiger partial charge in [-0.25, -0.2) is 0 Å². The predicted molar refractivity (Wildman–Crippen MR) is 72.9 cm³/mol. The number of aromatic nitrogens is 2. The zero-order valence-corrected chi connectivity index (χ0v) is 11.8. The molecular formula is C14H23N3O2. The van der Waals surface area contributed by atoms with E-state index in [4.69, 9.17) is 5.11 Å². The van der Waals surface area contributed by atoms with Gasteiger partial charge < -0.3 is 5.11 Å². The lowest BCUT2D eigenvalue weighted by Gasteiger charge is -2.35. The van der Waals surface area contributed by atoms with E-state index < -0.39 is 5.97 Å². The summed E-state index contributed by atoms with van der Waals surface area (Å²) in [6, 6.07) is 0.407. The molecule has 1 fully saturated rings. The standard InChI is InChI=1S/C14H23N3O2/c1-11-12(9-15-16(11)2)10-17-8-4-3-5-13(17)6-7-14(18)19/h9,13H,3-8,10H2,1-2H3,(H,18,19). The fourth-order valence-electron chi connectivity index (χ4n) is 2.80. The lowest BCUT2D eigenvalue weighted by molar-refractivity contribution is -0.137. The molecule has 0 aliphatic carbocycles. The molecule has 1 N–H and O–H groups in total. The minimum atomic E-state index is -0.692. The summed E-state index contributed by atoms with van der Waals surface area (Å²) in [7, 11) is 1.96. The van der Waals surface area contributed by atoms with Gasteiger partial charge in [-0.3, -0.25) is 14.4 Å². The molecule has 2 rings (SSSR count). The smallest absolute Gasteiger partial charge is 0.303 e. The highest BCUT2D eigenvalue weighted by molar-refractivity contribution is 5.66. The monoisotopic (exact) mass is 265 g/mol. The molecule has 1 aromatic rings. The first-order chi connectivity index (χ1) is 9.08. The summed E-state index contributed by atoms with van der Waals surface area (Å²) < 4.78 is 1.89. The van der Waals surface area contributed by atoms with Crippen molar-refractivity contribution in [2.24, 2.45) is 7.05 Å². The Morgan fingerprint density at radius 3 is 2.95 bits per heavy atom. The fourth-order valence-corrected chi connectivity index (χ4v) is 2.80. The molecule has 1 aromatic heterocycles. The average Bonchev–Trinajstić information content (AvgIpc) is 2.70. The van der Waals surface area contributed by atoms with Gasteiger partial charge in [-0.2, -0.15) is 5.10 Å². The molecule has 19 heavy (non-hydrogen) atoms. The van der Waals surface area contributed by atoms with Gasteiger partial charge in [0.2, 0.25) is 0 Å². The zero-order valence-electron chi connectivity index (χ0n) is 11.8. The van der Waals surface area contributed by atoms with E-state index in [-0.39, 0.29) is 6.42 Å². The molecule has 0 aromatic carbocycles. The molecular weight excluding hydrogens is 242 g/mol. The number of carbonyl (C=O) groups is 1. The number of hydrogen-bond acceptors (Lipinski definition) is 3. The number of carboxylic acids is 1. The molecule has 5 nitrogen and oxygen atoms in total. The van der Waals surface area contributed by atoms with E-state index in [1.165, 1.54) is 24.1 Å². The lowest BCUT2D eigenvalue weighted by Crippen LogP contribution is -2.39. The van der Waals surface area contributed by atoms with Crippen LogP contribution in [-0.2, 0) is 18.4 Å². The van der Waals surface area contributed by atoms with E-state index in [9.17, 15) is 4.79 Å². The van der Waals surface area contributed by atoms with Crippen molar-refractivity contribution in [1.82, 2.24) is 14.7 Å². The molecule has 1 aliphatic rings. The molecule has 0 amide bonds. The molecule has 0 bridgehead atoms. The Kier molecular flexibility index (Phi) is 4.58. The van der Waals surface area contributed by atoms with Gasteiger partial charge in [0, 0.05) is 37.3 Å². The number of piperidine rings is 1. The van der Waals surface area contributed by atoms with E-state index in [1.807, 2.05) is 17.9 Å². The Morgan fingerprint density at radius 1 is 1.53 bits per heavy atom. The van der Waals surface area contributed by atoms with E-state index in [2.05, 4.69) is 16.9 Å². The second-order valence-corrected chi connectivity index (χ2v) is 5.43. The Bertz CT molecular complexity index is 442. The van der Waals surface area contributed by atoms with Gasteiger partial charge in [0.25, 0.3) is 0 Å². The van der Waals surface area contributed by atoms with E-state index in [1.54, 1.807) is 0 Å². The third-order valence-corrected chi connectivity index (χ3v) is 4.15. The van der Waals surface area contributed by atoms with Crippen LogP contribution >= 0.6 is 0 Å². The molecule has 0 radical (unpaired) electrons. The van der Waals surface area contributed by atoms with Crippen LogP contribution in [0.3, 0.4) is 0 Å². The second-order valence-electron chi connectivity index (χ2n) is 5.43. The highest BCUT2D eigenvalue weighted by atomic mass is 16.4. The quantitative estimate of drug-likeness (QED) is 0.884. The summed E-state index contributed by atoms with van der Waals surface area (Å²) in [4.78, 5) is 13.2. The van der Waals surface area contributed by atoms with Crippen LogP contribution in [0.15, 0.2) is 6.20 Å². The van der Waals surface area contributed by atoms with Gasteiger partial charge >= 0.3 is 5.97 Å². The largest absolute Gasteiger partial charge is 0.481 e. The number of hydrogen-bond donors (Lipinski definition) is 1. The van der Waals surface area contributed by atoms with E-state index >= 15 is 0 Å². The first-order valence-electron chi connectivity index (χ1n) is 7.01. The Labute approximate surface area is 114 Å². The summed E-state index contributed by atoms with van der Waals surface area (Å²) in [5, 5.41) is 13.1. The normalized spacial score (nSPS) is 20.6. The molecule has 0 spiro atoms. The van der Waals surface area contributed by atoms with Gasteiger partial charge in [0.05, 0.1) is 6.20 Å². The topological polar surface area (TPSA) is 58.4 Å². The van der Waals surface area contributed by atoms with Crippen molar-refractivity contribution in [3.05, 3.63) is 17.5 Å². The fraction of sp³-hybridized carbons (Fsp3) is 0.714. The van der Waals surface area contributed by atoms with Gasteiger partial charge in [0.15, 0.2) is 0 Å². The van der Waals surface area contributed by atoms with Crippen LogP contribution in [0, 0.1) is 6.92 Å². The maximum atomic E-state index is 10.7. The molecule has 1 unspecified atom stereocenters. The third kappa shape index (κ3) is 3.56. The number of aryl methyl sites for hydroxylation is 1. The molecule has 1 saturated heterocycles. The number of nitrogens with zero attached hydrogens (tertiary/aromatic N) is 3. The summed E-state index contributed by atoms with van der Waals surface area (Å²) in [6.45, 7) is 4.04. The first-order valence-corrected chi connectivity index (χ1v) is 7.01. The molecule has 1 aliphatic heterocycles. The van der Waals surface area contributed by atoms with Crippen LogP contribution < -0.4 is 0 Å². The van der Waals surface area contributed by atoms with Crippen molar-refractivity contribution >= 4 is 5.97 Å². The van der Waals surface area contributed by atoms with Gasteiger partial charge in [0.1, 0.15) is 0 Å². The van der Waals surface area contributed by atoms with Crippen LogP contribution in [0.1, 0.15) is 43.4 Å². The number of likely N-dealkylation sites (tertiary alicyclic amines) is 1. The van der Waals surface area contributed by atoms with E-state index in [0.717, 1.165) is 25.9 Å². The lowest BCUT2D eigenvalue weighted by atomic mass is 9.97. The minimum absolute atomic E-state index is 0.271. The molecule has 1 atom stereocenters. The van der Waals surface area contributed by atoms with Crippen LogP contribution in [0.4, 0.5) is 0 Å².